The van der Waals surface area contributed by atoms with Gasteiger partial charge in [-0.3, -0.25) is 4.79 Å². The molecule has 2 rings (SSSR count). The molecule has 1 aliphatic carbocycles. The highest BCUT2D eigenvalue weighted by atomic mass is 79.9. The maximum Gasteiger partial charge on any atom is 0.238 e. The maximum absolute atomic E-state index is 11.9. The first-order valence-electron chi connectivity index (χ1n) is 6.67. The van der Waals surface area contributed by atoms with E-state index in [1.165, 1.54) is 23.3 Å². The predicted molar refractivity (Wildman–Crippen MR) is 81.9 cm³/mol. The fourth-order valence-corrected chi connectivity index (χ4v) is 3.68. The Morgan fingerprint density at radius 1 is 1.47 bits per heavy atom. The molecular formula is C14H17BrN2OS. The van der Waals surface area contributed by atoms with Crippen LogP contribution in [0.15, 0.2) is 0 Å². The second-order valence-corrected chi connectivity index (χ2v) is 6.96. The number of nitriles is 1. The molecule has 5 heteroatoms. The lowest BCUT2D eigenvalue weighted by Crippen LogP contribution is -2.21. The molecule has 0 bridgehead atoms. The zero-order valence-corrected chi connectivity index (χ0v) is 13.4. The van der Waals surface area contributed by atoms with Crippen molar-refractivity contribution in [2.24, 2.45) is 0 Å². The fraction of sp³-hybridized carbons (Fsp3) is 0.571. The van der Waals surface area contributed by atoms with E-state index in [1.54, 1.807) is 11.3 Å². The molecule has 1 aromatic rings. The molecule has 1 amide bonds. The number of rotatable bonds is 3. The third kappa shape index (κ3) is 3.18. The number of fused-ring (bicyclic) bond motifs is 1. The Morgan fingerprint density at radius 2 is 2.21 bits per heavy atom. The van der Waals surface area contributed by atoms with Gasteiger partial charge < -0.3 is 5.32 Å². The smallest absolute Gasteiger partial charge is 0.238 e. The van der Waals surface area contributed by atoms with E-state index in [2.05, 4.69) is 27.3 Å². The number of hydrogen-bond donors (Lipinski definition) is 1. The normalized spacial score (nSPS) is 16.1. The molecule has 0 saturated carbocycles. The summed E-state index contributed by atoms with van der Waals surface area (Å²) in [6.45, 7) is 1.95. The number of thiophene rings is 1. The highest BCUT2D eigenvalue weighted by molar-refractivity contribution is 9.10. The van der Waals surface area contributed by atoms with Crippen LogP contribution >= 0.6 is 27.3 Å². The topological polar surface area (TPSA) is 52.9 Å². The lowest BCUT2D eigenvalue weighted by Gasteiger charge is -2.07. The molecule has 3 nitrogen and oxygen atoms in total. The average Bonchev–Trinajstić information content (AvgIpc) is 2.59. The highest BCUT2D eigenvalue weighted by Crippen LogP contribution is 2.37. The zero-order chi connectivity index (χ0) is 13.8. The van der Waals surface area contributed by atoms with Gasteiger partial charge in [0.15, 0.2) is 0 Å². The summed E-state index contributed by atoms with van der Waals surface area (Å²) in [7, 11) is 0. The molecule has 0 spiro atoms. The second-order valence-electron chi connectivity index (χ2n) is 4.75. The van der Waals surface area contributed by atoms with E-state index in [0.29, 0.717) is 5.56 Å². The van der Waals surface area contributed by atoms with Crippen LogP contribution in [0, 0.1) is 11.3 Å². The molecule has 1 heterocycles. The summed E-state index contributed by atoms with van der Waals surface area (Å²) in [5, 5.41) is 13.0. The van der Waals surface area contributed by atoms with E-state index < -0.39 is 0 Å². The van der Waals surface area contributed by atoms with E-state index >= 15 is 0 Å². The third-order valence-corrected chi connectivity index (χ3v) is 5.68. The molecule has 1 N–H and O–H groups in total. The van der Waals surface area contributed by atoms with Crippen molar-refractivity contribution in [3.63, 3.8) is 0 Å². The number of carbonyl (C=O) groups is 1. The Hall–Kier alpha value is -0.860. The van der Waals surface area contributed by atoms with Crippen LogP contribution in [0.1, 0.15) is 48.6 Å². The predicted octanol–water partition coefficient (Wildman–Crippen LogP) is 4.00. The maximum atomic E-state index is 11.9. The summed E-state index contributed by atoms with van der Waals surface area (Å²) >= 11 is 4.92. The Balaban J connectivity index is 2.27. The molecule has 1 atom stereocenters. The minimum Gasteiger partial charge on any atom is -0.316 e. The van der Waals surface area contributed by atoms with Gasteiger partial charge in [-0.15, -0.1) is 11.3 Å². The lowest BCUT2D eigenvalue weighted by molar-refractivity contribution is -0.115. The van der Waals surface area contributed by atoms with Gasteiger partial charge in [0.2, 0.25) is 5.91 Å². The summed E-state index contributed by atoms with van der Waals surface area (Å²) < 4.78 is 0. The van der Waals surface area contributed by atoms with Crippen molar-refractivity contribution in [3.05, 3.63) is 16.0 Å². The SMILES string of the molecule is CCC(Br)C(=O)Nc1sc2c(c1C#N)CCCCC2. The van der Waals surface area contributed by atoms with Crippen molar-refractivity contribution >= 4 is 38.2 Å². The Labute approximate surface area is 126 Å². The molecule has 0 fully saturated rings. The first-order chi connectivity index (χ1) is 9.17. The van der Waals surface area contributed by atoms with Crippen LogP contribution in [-0.4, -0.2) is 10.7 Å². The van der Waals surface area contributed by atoms with Crippen LogP contribution in [0.2, 0.25) is 0 Å². The van der Waals surface area contributed by atoms with Crippen LogP contribution in [-0.2, 0) is 17.6 Å². The number of carbonyl (C=O) groups excluding carboxylic acids is 1. The summed E-state index contributed by atoms with van der Waals surface area (Å²) in [6.07, 6.45) is 6.29. The van der Waals surface area contributed by atoms with Gasteiger partial charge >= 0.3 is 0 Å². The lowest BCUT2D eigenvalue weighted by atomic mass is 10.1. The Kier molecular flexibility index (Phi) is 5.00. The van der Waals surface area contributed by atoms with Crippen molar-refractivity contribution in [2.75, 3.05) is 5.32 Å². The van der Waals surface area contributed by atoms with Crippen molar-refractivity contribution in [1.82, 2.24) is 0 Å². The van der Waals surface area contributed by atoms with E-state index in [0.717, 1.165) is 30.7 Å². The molecule has 1 aromatic heterocycles. The summed E-state index contributed by atoms with van der Waals surface area (Å²) in [5.41, 5.74) is 1.86. The Morgan fingerprint density at radius 3 is 2.89 bits per heavy atom. The second kappa shape index (κ2) is 6.53. The standard InChI is InChI=1S/C14H17BrN2OS/c1-2-11(15)13(18)17-14-10(8-16)9-6-4-3-5-7-12(9)19-14/h11H,2-7H2,1H3,(H,17,18). The number of aryl methyl sites for hydroxylation is 1. The molecule has 0 saturated heterocycles. The van der Waals surface area contributed by atoms with Gasteiger partial charge in [-0.2, -0.15) is 5.26 Å². The number of halogens is 1. The van der Waals surface area contributed by atoms with Crippen molar-refractivity contribution in [3.8, 4) is 6.07 Å². The molecule has 0 aliphatic heterocycles. The number of nitrogens with one attached hydrogen (secondary N) is 1. The molecule has 102 valence electrons. The molecule has 1 aliphatic rings. The number of anilines is 1. The summed E-state index contributed by atoms with van der Waals surface area (Å²) in [6, 6.07) is 2.27. The molecular weight excluding hydrogens is 324 g/mol. The van der Waals surface area contributed by atoms with Crippen molar-refractivity contribution in [1.29, 1.82) is 5.26 Å². The first-order valence-corrected chi connectivity index (χ1v) is 8.40. The minimum atomic E-state index is -0.194. The first kappa shape index (κ1) is 14.5. The van der Waals surface area contributed by atoms with Gasteiger partial charge in [-0.25, -0.2) is 0 Å². The quantitative estimate of drug-likeness (QED) is 0.667. The fourth-order valence-electron chi connectivity index (χ4n) is 2.32. The van der Waals surface area contributed by atoms with Gasteiger partial charge in [-0.05, 0) is 37.7 Å². The van der Waals surface area contributed by atoms with Gasteiger partial charge in [0.1, 0.15) is 11.1 Å². The van der Waals surface area contributed by atoms with Gasteiger partial charge in [-0.1, -0.05) is 29.3 Å². The largest absolute Gasteiger partial charge is 0.316 e. The van der Waals surface area contributed by atoms with Crippen LogP contribution < -0.4 is 5.32 Å². The molecule has 0 aromatic carbocycles. The molecule has 19 heavy (non-hydrogen) atoms. The van der Waals surface area contributed by atoms with Gasteiger partial charge in [0, 0.05) is 4.88 Å². The van der Waals surface area contributed by atoms with Crippen LogP contribution in [0.5, 0.6) is 0 Å². The van der Waals surface area contributed by atoms with Crippen molar-refractivity contribution < 1.29 is 4.79 Å². The number of amides is 1. The highest BCUT2D eigenvalue weighted by Gasteiger charge is 2.22. The average molecular weight is 341 g/mol. The minimum absolute atomic E-state index is 0.0598. The van der Waals surface area contributed by atoms with Gasteiger partial charge in [0.25, 0.3) is 0 Å². The van der Waals surface area contributed by atoms with Crippen LogP contribution in [0.3, 0.4) is 0 Å². The number of alkyl halides is 1. The number of nitrogens with zero attached hydrogens (tertiary/aromatic N) is 1. The molecule has 1 unspecified atom stereocenters. The zero-order valence-electron chi connectivity index (χ0n) is 11.0. The van der Waals surface area contributed by atoms with Gasteiger partial charge in [0.05, 0.1) is 10.4 Å². The van der Waals surface area contributed by atoms with E-state index in [-0.39, 0.29) is 10.7 Å². The monoisotopic (exact) mass is 340 g/mol. The number of hydrogen-bond acceptors (Lipinski definition) is 3. The van der Waals surface area contributed by atoms with Crippen LogP contribution in [0.25, 0.3) is 0 Å². The third-order valence-electron chi connectivity index (χ3n) is 3.41. The van der Waals surface area contributed by atoms with Crippen molar-refractivity contribution in [2.45, 2.75) is 50.3 Å². The van der Waals surface area contributed by atoms with Crippen LogP contribution in [0.4, 0.5) is 5.00 Å². The Bertz CT molecular complexity index is 518. The van der Waals surface area contributed by atoms with E-state index in [4.69, 9.17) is 0 Å². The molecule has 0 radical (unpaired) electrons. The summed E-state index contributed by atoms with van der Waals surface area (Å²) in [5.74, 6) is -0.0598. The van der Waals surface area contributed by atoms with E-state index in [9.17, 15) is 10.1 Å². The van der Waals surface area contributed by atoms with E-state index in [1.807, 2.05) is 6.92 Å². The summed E-state index contributed by atoms with van der Waals surface area (Å²) in [4.78, 5) is 13.0.